The lowest BCUT2D eigenvalue weighted by Gasteiger charge is -2.10. The monoisotopic (exact) mass is 397 g/mol. The molecule has 1 aromatic carbocycles. The van der Waals surface area contributed by atoms with Gasteiger partial charge in [-0.25, -0.2) is 0 Å². The SMILES string of the molecule is CN(C)CCCOc1ccc(C=c2[nH]c(=O)c(=Cc3cccs3)[nH]c2=O)cc1. The molecule has 2 N–H and O–H groups in total. The maximum Gasteiger partial charge on any atom is 0.272 e. The normalized spacial score (nSPS) is 12.7. The molecule has 0 spiro atoms. The zero-order valence-electron chi connectivity index (χ0n) is 15.9. The highest BCUT2D eigenvalue weighted by Gasteiger charge is 1.99. The van der Waals surface area contributed by atoms with Gasteiger partial charge in [0.2, 0.25) is 0 Å². The Balaban J connectivity index is 1.77. The molecule has 2 aromatic heterocycles. The van der Waals surface area contributed by atoms with Crippen LogP contribution in [0.3, 0.4) is 0 Å². The molecule has 0 atom stereocenters. The Kier molecular flexibility index (Phi) is 6.62. The Bertz CT molecular complexity index is 1130. The van der Waals surface area contributed by atoms with Crippen LogP contribution in [0.5, 0.6) is 5.75 Å². The van der Waals surface area contributed by atoms with E-state index < -0.39 is 0 Å². The van der Waals surface area contributed by atoms with Gasteiger partial charge in [-0.1, -0.05) is 18.2 Å². The van der Waals surface area contributed by atoms with Gasteiger partial charge in [0.1, 0.15) is 16.4 Å². The van der Waals surface area contributed by atoms with E-state index in [1.54, 1.807) is 12.2 Å². The molecular formula is C21H23N3O3S. The quantitative estimate of drug-likeness (QED) is 0.586. The number of ether oxygens (including phenoxy) is 1. The smallest absolute Gasteiger partial charge is 0.272 e. The molecule has 0 bridgehead atoms. The summed E-state index contributed by atoms with van der Waals surface area (Å²) < 4.78 is 5.70. The molecule has 0 unspecified atom stereocenters. The number of nitrogens with zero attached hydrogens (tertiary/aromatic N) is 1. The molecule has 0 saturated carbocycles. The number of thiophene rings is 1. The van der Waals surface area contributed by atoms with Crippen molar-refractivity contribution >= 4 is 23.5 Å². The number of aromatic amines is 2. The topological polar surface area (TPSA) is 78.2 Å². The third-order valence-corrected chi connectivity index (χ3v) is 4.84. The van der Waals surface area contributed by atoms with Crippen molar-refractivity contribution in [2.75, 3.05) is 27.2 Å². The second kappa shape index (κ2) is 9.34. The number of hydrogen-bond acceptors (Lipinski definition) is 5. The molecule has 0 aliphatic heterocycles. The minimum Gasteiger partial charge on any atom is -0.494 e. The van der Waals surface area contributed by atoms with Crippen LogP contribution in [-0.4, -0.2) is 42.1 Å². The van der Waals surface area contributed by atoms with E-state index in [1.807, 2.05) is 55.9 Å². The van der Waals surface area contributed by atoms with Crippen LogP contribution >= 0.6 is 11.3 Å². The molecule has 2 heterocycles. The van der Waals surface area contributed by atoms with Gasteiger partial charge in [-0.05, 0) is 61.8 Å². The van der Waals surface area contributed by atoms with E-state index in [4.69, 9.17) is 4.74 Å². The van der Waals surface area contributed by atoms with Crippen LogP contribution in [-0.2, 0) is 0 Å². The Morgan fingerprint density at radius 3 is 2.29 bits per heavy atom. The lowest BCUT2D eigenvalue weighted by molar-refractivity contribution is 0.281. The summed E-state index contributed by atoms with van der Waals surface area (Å²) in [7, 11) is 4.06. The van der Waals surface area contributed by atoms with Crippen molar-refractivity contribution in [3.63, 3.8) is 0 Å². The van der Waals surface area contributed by atoms with Gasteiger partial charge in [-0.2, -0.15) is 0 Å². The first kappa shape index (κ1) is 19.9. The zero-order valence-corrected chi connectivity index (χ0v) is 16.7. The van der Waals surface area contributed by atoms with Crippen molar-refractivity contribution in [3.8, 4) is 5.75 Å². The van der Waals surface area contributed by atoms with Gasteiger partial charge in [0.15, 0.2) is 0 Å². The van der Waals surface area contributed by atoms with Crippen LogP contribution in [0.4, 0.5) is 0 Å². The molecular weight excluding hydrogens is 374 g/mol. The zero-order chi connectivity index (χ0) is 19.9. The summed E-state index contributed by atoms with van der Waals surface area (Å²) in [5.74, 6) is 0.777. The average molecular weight is 398 g/mol. The summed E-state index contributed by atoms with van der Waals surface area (Å²) in [6.07, 6.45) is 4.26. The molecule has 3 aromatic rings. The molecule has 0 saturated heterocycles. The van der Waals surface area contributed by atoms with Gasteiger partial charge >= 0.3 is 0 Å². The summed E-state index contributed by atoms with van der Waals surface area (Å²) in [6.45, 7) is 1.62. The highest BCUT2D eigenvalue weighted by Crippen LogP contribution is 2.12. The Labute approximate surface area is 166 Å². The van der Waals surface area contributed by atoms with E-state index in [0.29, 0.717) is 6.61 Å². The van der Waals surface area contributed by atoms with Gasteiger partial charge < -0.3 is 19.6 Å². The van der Waals surface area contributed by atoms with Gasteiger partial charge in [0, 0.05) is 11.4 Å². The molecule has 0 aliphatic carbocycles. The molecule has 0 aliphatic rings. The fourth-order valence-corrected chi connectivity index (χ4v) is 3.27. The van der Waals surface area contributed by atoms with Gasteiger partial charge in [0.25, 0.3) is 11.1 Å². The van der Waals surface area contributed by atoms with E-state index >= 15 is 0 Å². The van der Waals surface area contributed by atoms with Crippen LogP contribution in [0.1, 0.15) is 16.9 Å². The van der Waals surface area contributed by atoms with Crippen molar-refractivity contribution in [1.82, 2.24) is 14.9 Å². The Morgan fingerprint density at radius 1 is 1.00 bits per heavy atom. The van der Waals surface area contributed by atoms with Crippen LogP contribution < -0.4 is 26.6 Å². The number of H-pyrrole nitrogens is 2. The van der Waals surface area contributed by atoms with Gasteiger partial charge in [-0.15, -0.1) is 11.3 Å². The van der Waals surface area contributed by atoms with E-state index in [-0.39, 0.29) is 21.8 Å². The van der Waals surface area contributed by atoms with E-state index in [1.165, 1.54) is 11.3 Å². The highest BCUT2D eigenvalue weighted by molar-refractivity contribution is 7.10. The second-order valence-corrected chi connectivity index (χ2v) is 7.59. The van der Waals surface area contributed by atoms with E-state index in [0.717, 1.165) is 29.2 Å². The molecule has 6 nitrogen and oxygen atoms in total. The van der Waals surface area contributed by atoms with Crippen molar-refractivity contribution in [1.29, 1.82) is 0 Å². The van der Waals surface area contributed by atoms with Gasteiger partial charge in [-0.3, -0.25) is 9.59 Å². The minimum atomic E-state index is -0.341. The Hall–Kier alpha value is -2.90. The fraction of sp³-hybridized carbons (Fsp3) is 0.238. The third-order valence-electron chi connectivity index (χ3n) is 4.02. The highest BCUT2D eigenvalue weighted by atomic mass is 32.1. The van der Waals surface area contributed by atoms with Crippen LogP contribution in [0.2, 0.25) is 0 Å². The molecule has 0 amide bonds. The van der Waals surface area contributed by atoms with Crippen LogP contribution in [0.25, 0.3) is 12.2 Å². The largest absolute Gasteiger partial charge is 0.494 e. The summed E-state index contributed by atoms with van der Waals surface area (Å²) in [5, 5.41) is 2.37. The summed E-state index contributed by atoms with van der Waals surface area (Å²) in [5.41, 5.74) is 0.128. The first-order valence-electron chi connectivity index (χ1n) is 8.98. The molecule has 28 heavy (non-hydrogen) atoms. The fourth-order valence-electron chi connectivity index (χ4n) is 2.61. The van der Waals surface area contributed by atoms with Crippen molar-refractivity contribution in [3.05, 3.63) is 83.6 Å². The number of nitrogens with one attached hydrogen (secondary N) is 2. The summed E-state index contributed by atoms with van der Waals surface area (Å²) in [4.78, 5) is 32.9. The second-order valence-electron chi connectivity index (χ2n) is 6.61. The maximum absolute atomic E-state index is 12.3. The molecule has 3 rings (SSSR count). The van der Waals surface area contributed by atoms with Crippen LogP contribution in [0, 0.1) is 0 Å². The molecule has 0 fully saturated rings. The van der Waals surface area contributed by atoms with Crippen molar-refractivity contribution in [2.24, 2.45) is 0 Å². The summed E-state index contributed by atoms with van der Waals surface area (Å²) in [6, 6.07) is 11.2. The third kappa shape index (κ3) is 5.55. The molecule has 7 heteroatoms. The predicted octanol–water partition coefficient (Wildman–Crippen LogP) is 1.11. The first-order chi connectivity index (χ1) is 13.5. The maximum atomic E-state index is 12.3. The predicted molar refractivity (Wildman–Crippen MR) is 113 cm³/mol. The standard InChI is InChI=1S/C21H23N3O3S/c1-24(2)10-4-11-27-16-8-6-15(7-9-16)13-18-20(25)23-19(21(26)22-18)14-17-5-3-12-28-17/h3,5-9,12-14H,4,10-11H2,1-2H3,(H,22,26)(H,23,25). The van der Waals surface area contributed by atoms with Crippen molar-refractivity contribution < 1.29 is 4.74 Å². The van der Waals surface area contributed by atoms with Crippen molar-refractivity contribution in [2.45, 2.75) is 6.42 Å². The van der Waals surface area contributed by atoms with E-state index in [2.05, 4.69) is 14.9 Å². The number of rotatable bonds is 7. The number of benzene rings is 1. The number of aromatic nitrogens is 2. The van der Waals surface area contributed by atoms with Crippen LogP contribution in [0.15, 0.2) is 51.4 Å². The lowest BCUT2D eigenvalue weighted by Crippen LogP contribution is -2.46. The average Bonchev–Trinajstić information content (AvgIpc) is 3.17. The summed E-state index contributed by atoms with van der Waals surface area (Å²) >= 11 is 1.50. The first-order valence-corrected chi connectivity index (χ1v) is 9.86. The minimum absolute atomic E-state index is 0.216. The molecule has 0 radical (unpaired) electrons. The molecule has 146 valence electrons. The Morgan fingerprint density at radius 2 is 1.68 bits per heavy atom. The number of hydrogen-bond donors (Lipinski definition) is 2. The lowest BCUT2D eigenvalue weighted by atomic mass is 10.2. The van der Waals surface area contributed by atoms with E-state index in [9.17, 15) is 9.59 Å². The van der Waals surface area contributed by atoms with Gasteiger partial charge in [0.05, 0.1) is 6.61 Å².